The number of para-hydroxylation sites is 1. The first-order valence-corrected chi connectivity index (χ1v) is 10.5. The minimum Gasteiger partial charge on any atom is -0.492 e. The lowest BCUT2D eigenvalue weighted by Gasteiger charge is -2.29. The number of likely N-dealkylation sites (tertiary alicyclic amines) is 1. The van der Waals surface area contributed by atoms with E-state index in [4.69, 9.17) is 9.47 Å². The fraction of sp³-hybridized carbons (Fsp3) is 0.500. The molecule has 4 heterocycles. The Hall–Kier alpha value is -2.87. The number of amides is 3. The molecule has 8 nitrogen and oxygen atoms in total. The quantitative estimate of drug-likeness (QED) is 0.700. The van der Waals surface area contributed by atoms with Gasteiger partial charge in [-0.2, -0.15) is 0 Å². The van der Waals surface area contributed by atoms with Crippen LogP contribution in [0.5, 0.6) is 5.75 Å². The van der Waals surface area contributed by atoms with E-state index in [0.29, 0.717) is 39.3 Å². The standard InChI is InChI=1S/C22H25N3O5/c26-17-7-10-24(11-9-23-17)20(27)18-16-6-8-22(30-16)14-25(21(28)19(18)22)12-13-29-15-4-2-1-3-5-15/h1-6,8,16,18-19H,7,9-14H2,(H,23,26)/t16-,18?,19?,22-/m0/s1. The summed E-state index contributed by atoms with van der Waals surface area (Å²) < 4.78 is 11.9. The summed E-state index contributed by atoms with van der Waals surface area (Å²) in [6.45, 7) is 2.53. The van der Waals surface area contributed by atoms with E-state index in [2.05, 4.69) is 5.32 Å². The highest BCUT2D eigenvalue weighted by molar-refractivity contribution is 5.93. The summed E-state index contributed by atoms with van der Waals surface area (Å²) in [7, 11) is 0. The summed E-state index contributed by atoms with van der Waals surface area (Å²) in [5, 5.41) is 2.78. The Bertz CT molecular complexity index is 888. The van der Waals surface area contributed by atoms with E-state index in [1.54, 1.807) is 9.80 Å². The lowest BCUT2D eigenvalue weighted by molar-refractivity contribution is -0.143. The second-order valence-corrected chi connectivity index (χ2v) is 8.25. The number of hydrogen-bond donors (Lipinski definition) is 1. The maximum absolute atomic E-state index is 13.3. The molecule has 2 bridgehead atoms. The summed E-state index contributed by atoms with van der Waals surface area (Å²) in [4.78, 5) is 41.6. The van der Waals surface area contributed by atoms with Crippen molar-refractivity contribution in [2.24, 2.45) is 11.8 Å². The third-order valence-corrected chi connectivity index (χ3v) is 6.46. The summed E-state index contributed by atoms with van der Waals surface area (Å²) in [6, 6.07) is 9.48. The Morgan fingerprint density at radius 2 is 2.07 bits per heavy atom. The highest BCUT2D eigenvalue weighted by atomic mass is 16.5. The van der Waals surface area contributed by atoms with Gasteiger partial charge in [0.1, 0.15) is 18.0 Å². The summed E-state index contributed by atoms with van der Waals surface area (Å²) in [5.74, 6) is -0.479. The summed E-state index contributed by atoms with van der Waals surface area (Å²) in [6.07, 6.45) is 3.78. The molecule has 1 aromatic rings. The molecule has 5 rings (SSSR count). The van der Waals surface area contributed by atoms with Crippen LogP contribution in [0.1, 0.15) is 6.42 Å². The Balaban J connectivity index is 1.27. The monoisotopic (exact) mass is 411 g/mol. The van der Waals surface area contributed by atoms with Gasteiger partial charge in [-0.25, -0.2) is 0 Å². The van der Waals surface area contributed by atoms with Crippen molar-refractivity contribution < 1.29 is 23.9 Å². The van der Waals surface area contributed by atoms with Crippen LogP contribution in [0.15, 0.2) is 42.5 Å². The minimum absolute atomic E-state index is 0.0487. The Morgan fingerprint density at radius 3 is 2.90 bits per heavy atom. The minimum atomic E-state index is -0.727. The van der Waals surface area contributed by atoms with Crippen molar-refractivity contribution >= 4 is 17.7 Å². The Morgan fingerprint density at radius 1 is 1.23 bits per heavy atom. The molecule has 4 aliphatic rings. The smallest absolute Gasteiger partial charge is 0.230 e. The van der Waals surface area contributed by atoms with Crippen LogP contribution in [-0.4, -0.2) is 78.6 Å². The van der Waals surface area contributed by atoms with Crippen molar-refractivity contribution in [1.29, 1.82) is 0 Å². The molecule has 30 heavy (non-hydrogen) atoms. The first kappa shape index (κ1) is 19.1. The normalized spacial score (nSPS) is 32.2. The van der Waals surface area contributed by atoms with Gasteiger partial charge in [0.25, 0.3) is 0 Å². The fourth-order valence-electron chi connectivity index (χ4n) is 5.04. The van der Waals surface area contributed by atoms with Crippen LogP contribution < -0.4 is 10.1 Å². The van der Waals surface area contributed by atoms with Gasteiger partial charge in [-0.05, 0) is 12.1 Å². The number of ether oxygens (including phenoxy) is 2. The van der Waals surface area contributed by atoms with Crippen molar-refractivity contribution in [3.8, 4) is 5.75 Å². The van der Waals surface area contributed by atoms with E-state index in [1.165, 1.54) is 0 Å². The SMILES string of the molecule is O=C1CCN(C(=O)C2C3C(=O)N(CCOc4ccccc4)C[C@@]34C=C[C@@H]2O4)CCN1. The van der Waals surface area contributed by atoms with Gasteiger partial charge in [-0.3, -0.25) is 14.4 Å². The molecule has 0 saturated carbocycles. The third kappa shape index (κ3) is 3.15. The molecule has 0 radical (unpaired) electrons. The maximum Gasteiger partial charge on any atom is 0.230 e. The van der Waals surface area contributed by atoms with Gasteiger partial charge in [0, 0.05) is 26.1 Å². The van der Waals surface area contributed by atoms with Crippen molar-refractivity contribution in [2.75, 3.05) is 39.3 Å². The van der Waals surface area contributed by atoms with E-state index < -0.39 is 17.4 Å². The maximum atomic E-state index is 13.3. The van der Waals surface area contributed by atoms with Crippen LogP contribution in [-0.2, 0) is 19.1 Å². The van der Waals surface area contributed by atoms with E-state index in [9.17, 15) is 14.4 Å². The molecule has 3 saturated heterocycles. The van der Waals surface area contributed by atoms with Gasteiger partial charge in [0.15, 0.2) is 0 Å². The van der Waals surface area contributed by atoms with Crippen molar-refractivity contribution in [3.63, 3.8) is 0 Å². The topological polar surface area (TPSA) is 88.2 Å². The molecule has 2 unspecified atom stereocenters. The van der Waals surface area contributed by atoms with Gasteiger partial charge in [0.05, 0.1) is 31.0 Å². The van der Waals surface area contributed by atoms with Gasteiger partial charge >= 0.3 is 0 Å². The fourth-order valence-corrected chi connectivity index (χ4v) is 5.04. The number of rotatable bonds is 5. The van der Waals surface area contributed by atoms with Crippen molar-refractivity contribution in [2.45, 2.75) is 18.1 Å². The molecule has 158 valence electrons. The summed E-state index contributed by atoms with van der Waals surface area (Å²) >= 11 is 0. The molecule has 3 amide bonds. The lowest BCUT2D eigenvalue weighted by Crippen LogP contribution is -2.47. The van der Waals surface area contributed by atoms with E-state index in [1.807, 2.05) is 42.5 Å². The zero-order chi connectivity index (χ0) is 20.7. The van der Waals surface area contributed by atoms with Crippen LogP contribution in [0.4, 0.5) is 0 Å². The molecule has 8 heteroatoms. The average molecular weight is 411 g/mol. The first-order valence-electron chi connectivity index (χ1n) is 10.5. The number of nitrogens with one attached hydrogen (secondary N) is 1. The lowest BCUT2D eigenvalue weighted by atomic mass is 9.76. The average Bonchev–Trinajstić information content (AvgIpc) is 3.32. The Kier molecular flexibility index (Phi) is 4.73. The number of hydrogen-bond acceptors (Lipinski definition) is 5. The van der Waals surface area contributed by atoms with Crippen LogP contribution >= 0.6 is 0 Å². The van der Waals surface area contributed by atoms with Crippen LogP contribution in [0, 0.1) is 11.8 Å². The van der Waals surface area contributed by atoms with Gasteiger partial charge in [-0.15, -0.1) is 0 Å². The molecule has 4 atom stereocenters. The van der Waals surface area contributed by atoms with Gasteiger partial charge < -0.3 is 24.6 Å². The van der Waals surface area contributed by atoms with Crippen LogP contribution in [0.25, 0.3) is 0 Å². The molecular formula is C22H25N3O5. The molecule has 4 aliphatic heterocycles. The molecule has 0 aromatic heterocycles. The predicted molar refractivity (Wildman–Crippen MR) is 106 cm³/mol. The Labute approximate surface area is 174 Å². The van der Waals surface area contributed by atoms with Crippen molar-refractivity contribution in [3.05, 3.63) is 42.5 Å². The predicted octanol–water partition coefficient (Wildman–Crippen LogP) is 0.196. The summed E-state index contributed by atoms with van der Waals surface area (Å²) in [5.41, 5.74) is -0.727. The molecule has 1 spiro atoms. The number of carbonyl (C=O) groups is 3. The zero-order valence-corrected chi connectivity index (χ0v) is 16.7. The highest BCUT2D eigenvalue weighted by Crippen LogP contribution is 2.52. The van der Waals surface area contributed by atoms with Crippen LogP contribution in [0.2, 0.25) is 0 Å². The molecule has 3 fully saturated rings. The van der Waals surface area contributed by atoms with Gasteiger partial charge in [-0.1, -0.05) is 30.4 Å². The second-order valence-electron chi connectivity index (χ2n) is 8.25. The number of carbonyl (C=O) groups excluding carboxylic acids is 3. The molecular weight excluding hydrogens is 386 g/mol. The van der Waals surface area contributed by atoms with E-state index in [0.717, 1.165) is 5.75 Å². The van der Waals surface area contributed by atoms with E-state index in [-0.39, 0.29) is 30.2 Å². The second kappa shape index (κ2) is 7.43. The zero-order valence-electron chi connectivity index (χ0n) is 16.7. The van der Waals surface area contributed by atoms with Crippen molar-refractivity contribution in [1.82, 2.24) is 15.1 Å². The highest BCUT2D eigenvalue weighted by Gasteiger charge is 2.67. The first-order chi connectivity index (χ1) is 14.6. The molecule has 0 aliphatic carbocycles. The number of benzene rings is 1. The van der Waals surface area contributed by atoms with Crippen LogP contribution in [0.3, 0.4) is 0 Å². The van der Waals surface area contributed by atoms with E-state index >= 15 is 0 Å². The molecule has 1 N–H and O–H groups in total. The number of nitrogens with zero attached hydrogens (tertiary/aromatic N) is 2. The largest absolute Gasteiger partial charge is 0.492 e. The number of fused-ring (bicyclic) bond motifs is 1. The molecule has 1 aromatic carbocycles. The van der Waals surface area contributed by atoms with Gasteiger partial charge in [0.2, 0.25) is 17.7 Å². The third-order valence-electron chi connectivity index (χ3n) is 6.46.